The summed E-state index contributed by atoms with van der Waals surface area (Å²) in [5, 5.41) is 0. The van der Waals surface area contributed by atoms with Gasteiger partial charge in [0.05, 0.1) is 0 Å². The summed E-state index contributed by atoms with van der Waals surface area (Å²) < 4.78 is 0. The molecule has 0 aliphatic rings. The molecule has 1 unspecified atom stereocenters. The van der Waals surface area contributed by atoms with Gasteiger partial charge < -0.3 is 0 Å². The molecule has 0 bridgehead atoms. The van der Waals surface area contributed by atoms with Crippen molar-refractivity contribution in [2.24, 2.45) is 0 Å². The van der Waals surface area contributed by atoms with Gasteiger partial charge in [-0.15, -0.1) is 0 Å². The molecule has 0 radical (unpaired) electrons. The van der Waals surface area contributed by atoms with E-state index in [0.717, 1.165) is 5.54 Å². The topological polar surface area (TPSA) is 0 Å². The molecular weight excluding hydrogens is 340 g/mol. The van der Waals surface area contributed by atoms with E-state index >= 15 is 0 Å². The van der Waals surface area contributed by atoms with Gasteiger partial charge in [-0.05, 0) is 17.5 Å². The molecule has 0 aromatic heterocycles. The summed E-state index contributed by atoms with van der Waals surface area (Å²) in [6, 6.07) is 14.8. The highest BCUT2D eigenvalue weighted by Crippen LogP contribution is 2.31. The molecule has 0 spiro atoms. The summed E-state index contributed by atoms with van der Waals surface area (Å²) in [6.45, 7) is 6.99. The van der Waals surface area contributed by atoms with Crippen LogP contribution in [-0.4, -0.2) is 8.80 Å². The van der Waals surface area contributed by atoms with Gasteiger partial charge in [-0.25, -0.2) is 0 Å². The highest BCUT2D eigenvalue weighted by atomic mass is 28.3. The average Bonchev–Trinajstić information content (AvgIpc) is 2.71. The lowest BCUT2D eigenvalue weighted by atomic mass is 10.0. The number of unbranched alkanes of at least 4 members (excludes halogenated alkanes) is 10. The van der Waals surface area contributed by atoms with Gasteiger partial charge in [0.25, 0.3) is 0 Å². The van der Waals surface area contributed by atoms with Crippen molar-refractivity contribution in [2.45, 2.75) is 128 Å². The molecule has 0 saturated carbocycles. The van der Waals surface area contributed by atoms with E-state index in [2.05, 4.69) is 51.1 Å². The fourth-order valence-electron chi connectivity index (χ4n) is 4.56. The van der Waals surface area contributed by atoms with Crippen molar-refractivity contribution in [2.75, 3.05) is 0 Å². The normalized spacial score (nSPS) is 12.6. The van der Waals surface area contributed by atoms with E-state index in [4.69, 9.17) is 0 Å². The second-order valence-electron chi connectivity index (χ2n) is 8.68. The largest absolute Gasteiger partial charge is 0.0654 e. The van der Waals surface area contributed by atoms with Crippen LogP contribution in [0.4, 0.5) is 0 Å². The SMILES string of the molecule is CCCCCCCC(c1ccccc1)[SiH](CCCCCC)CCCCCC. The summed E-state index contributed by atoms with van der Waals surface area (Å²) in [7, 11) is -0.720. The molecule has 0 nitrogen and oxygen atoms in total. The maximum atomic E-state index is 2.44. The predicted octanol–water partition coefficient (Wildman–Crippen LogP) is 9.06. The zero-order valence-electron chi connectivity index (χ0n) is 18.9. The third kappa shape index (κ3) is 11.8. The second-order valence-corrected chi connectivity index (χ2v) is 12.2. The molecule has 0 saturated heterocycles. The molecule has 0 fully saturated rings. The number of hydrogen-bond donors (Lipinski definition) is 0. The van der Waals surface area contributed by atoms with Crippen molar-refractivity contribution in [1.82, 2.24) is 0 Å². The maximum absolute atomic E-state index is 2.44. The van der Waals surface area contributed by atoms with Gasteiger partial charge in [-0.1, -0.05) is 147 Å². The van der Waals surface area contributed by atoms with E-state index in [0.29, 0.717) is 0 Å². The molecule has 0 N–H and O–H groups in total. The summed E-state index contributed by atoms with van der Waals surface area (Å²) in [5.41, 5.74) is 2.60. The van der Waals surface area contributed by atoms with Crippen molar-refractivity contribution in [3.05, 3.63) is 35.9 Å². The molecule has 1 heteroatoms. The molecule has 27 heavy (non-hydrogen) atoms. The summed E-state index contributed by atoms with van der Waals surface area (Å²) in [6.07, 6.45) is 20.1. The monoisotopic (exact) mass is 388 g/mol. The van der Waals surface area contributed by atoms with Gasteiger partial charge in [-0.3, -0.25) is 0 Å². The maximum Gasteiger partial charge on any atom is 0.0449 e. The Morgan fingerprint density at radius 2 is 1.07 bits per heavy atom. The first-order chi connectivity index (χ1) is 13.3. The minimum atomic E-state index is -0.720. The Morgan fingerprint density at radius 3 is 1.59 bits per heavy atom. The lowest BCUT2D eigenvalue weighted by Crippen LogP contribution is -2.24. The van der Waals surface area contributed by atoms with Crippen LogP contribution in [-0.2, 0) is 0 Å². The van der Waals surface area contributed by atoms with Gasteiger partial charge in [0.2, 0.25) is 0 Å². The number of rotatable bonds is 18. The van der Waals surface area contributed by atoms with Crippen LogP contribution in [0.2, 0.25) is 12.1 Å². The first-order valence-corrected chi connectivity index (χ1v) is 14.7. The summed E-state index contributed by atoms with van der Waals surface area (Å²) >= 11 is 0. The quantitative estimate of drug-likeness (QED) is 0.174. The lowest BCUT2D eigenvalue weighted by molar-refractivity contribution is 0.592. The molecule has 0 aliphatic carbocycles. The summed E-state index contributed by atoms with van der Waals surface area (Å²) in [4.78, 5) is 0. The van der Waals surface area contributed by atoms with Crippen LogP contribution in [0.15, 0.2) is 30.3 Å². The molecule has 0 amide bonds. The number of benzene rings is 1. The second kappa shape index (κ2) is 17.5. The van der Waals surface area contributed by atoms with Crippen molar-refractivity contribution in [1.29, 1.82) is 0 Å². The van der Waals surface area contributed by atoms with Crippen LogP contribution < -0.4 is 0 Å². The molecule has 1 aromatic carbocycles. The van der Waals surface area contributed by atoms with E-state index in [1.165, 1.54) is 89.9 Å². The van der Waals surface area contributed by atoms with Gasteiger partial charge >= 0.3 is 0 Å². The van der Waals surface area contributed by atoms with Crippen molar-refractivity contribution in [3.8, 4) is 0 Å². The first kappa shape index (κ1) is 24.5. The van der Waals surface area contributed by atoms with E-state index in [1.807, 2.05) is 0 Å². The molecule has 156 valence electrons. The van der Waals surface area contributed by atoms with E-state index in [9.17, 15) is 0 Å². The van der Waals surface area contributed by atoms with Crippen LogP contribution in [0.1, 0.15) is 122 Å². The minimum absolute atomic E-state index is 0.720. The molecule has 0 heterocycles. The van der Waals surface area contributed by atoms with Crippen molar-refractivity contribution < 1.29 is 0 Å². The van der Waals surface area contributed by atoms with Crippen molar-refractivity contribution >= 4 is 8.80 Å². The predicted molar refractivity (Wildman–Crippen MR) is 128 cm³/mol. The molecule has 1 aromatic rings. The highest BCUT2D eigenvalue weighted by molar-refractivity contribution is 6.60. The Hall–Kier alpha value is -0.563. The third-order valence-electron chi connectivity index (χ3n) is 6.27. The van der Waals surface area contributed by atoms with E-state index in [1.54, 1.807) is 17.7 Å². The smallest absolute Gasteiger partial charge is 0.0449 e. The Kier molecular flexibility index (Phi) is 15.9. The Balaban J connectivity index is 2.69. The zero-order chi connectivity index (χ0) is 19.6. The fourth-order valence-corrected chi connectivity index (χ4v) is 8.75. The Bertz CT molecular complexity index is 401. The molecule has 1 rings (SSSR count). The minimum Gasteiger partial charge on any atom is -0.0654 e. The Morgan fingerprint density at radius 1 is 0.593 bits per heavy atom. The highest BCUT2D eigenvalue weighted by Gasteiger charge is 2.23. The Labute approximate surface area is 173 Å². The van der Waals surface area contributed by atoms with Crippen LogP contribution in [0.5, 0.6) is 0 Å². The third-order valence-corrected chi connectivity index (χ3v) is 10.4. The van der Waals surface area contributed by atoms with Crippen LogP contribution in [0.3, 0.4) is 0 Å². The van der Waals surface area contributed by atoms with Crippen LogP contribution >= 0.6 is 0 Å². The number of hydrogen-bond acceptors (Lipinski definition) is 0. The zero-order valence-corrected chi connectivity index (χ0v) is 20.0. The average molecular weight is 389 g/mol. The van der Waals surface area contributed by atoms with Gasteiger partial charge in [0.15, 0.2) is 0 Å². The lowest BCUT2D eigenvalue weighted by Gasteiger charge is -2.27. The molecule has 1 atom stereocenters. The molecular formula is C26H48Si. The van der Waals surface area contributed by atoms with E-state index in [-0.39, 0.29) is 0 Å². The van der Waals surface area contributed by atoms with Crippen molar-refractivity contribution in [3.63, 3.8) is 0 Å². The molecule has 0 aliphatic heterocycles. The van der Waals surface area contributed by atoms with Crippen LogP contribution in [0, 0.1) is 0 Å². The standard InChI is InChI=1S/C26H48Si/c1-4-7-10-13-17-22-26(25-20-15-14-16-21-25)27(23-18-11-8-5-2)24-19-12-9-6-3/h14-16,20-21,26-27H,4-13,17-19,22-24H2,1-3H3. The van der Waals surface area contributed by atoms with Crippen LogP contribution in [0.25, 0.3) is 0 Å². The fraction of sp³-hybridized carbons (Fsp3) is 0.769. The van der Waals surface area contributed by atoms with Gasteiger partial charge in [-0.2, -0.15) is 0 Å². The van der Waals surface area contributed by atoms with E-state index < -0.39 is 8.80 Å². The summed E-state index contributed by atoms with van der Waals surface area (Å²) in [5.74, 6) is 0. The van der Waals surface area contributed by atoms with Gasteiger partial charge in [0, 0.05) is 8.80 Å². The van der Waals surface area contributed by atoms with Gasteiger partial charge in [0.1, 0.15) is 0 Å². The first-order valence-electron chi connectivity index (χ1n) is 12.4.